The van der Waals surface area contributed by atoms with Crippen molar-refractivity contribution in [3.05, 3.63) is 0 Å². The zero-order chi connectivity index (χ0) is 13.1. The smallest absolute Gasteiger partial charge is 0.307 e. The average molecular weight is 254 g/mol. The maximum atomic E-state index is 12.1. The van der Waals surface area contributed by atoms with Crippen LogP contribution in [0.5, 0.6) is 0 Å². The molecule has 2 fully saturated rings. The summed E-state index contributed by atoms with van der Waals surface area (Å²) in [5.41, 5.74) is 0. The quantitative estimate of drug-likeness (QED) is 0.788. The zero-order valence-electron chi connectivity index (χ0n) is 11.0. The van der Waals surface area contributed by atoms with Gasteiger partial charge in [0.2, 0.25) is 5.91 Å². The van der Waals surface area contributed by atoms with Crippen LogP contribution in [0.15, 0.2) is 0 Å². The van der Waals surface area contributed by atoms with E-state index in [2.05, 4.69) is 0 Å². The Morgan fingerprint density at radius 3 is 2.61 bits per heavy atom. The summed E-state index contributed by atoms with van der Waals surface area (Å²) >= 11 is 0. The molecule has 0 aromatic heterocycles. The summed E-state index contributed by atoms with van der Waals surface area (Å²) in [6.45, 7) is 4.52. The van der Waals surface area contributed by atoms with E-state index in [1.165, 1.54) is 0 Å². The Balaban J connectivity index is 1.84. The number of likely N-dealkylation sites (tertiary alicyclic amines) is 1. The minimum Gasteiger partial charge on any atom is -0.481 e. The third-order valence-electron chi connectivity index (χ3n) is 3.86. The molecule has 0 spiro atoms. The molecule has 0 radical (unpaired) electrons. The first-order valence-corrected chi connectivity index (χ1v) is 6.86. The monoisotopic (exact) mass is 254 g/mol. The molecule has 1 amide bonds. The fraction of sp³-hybridized carbons (Fsp3) is 0.846. The molecule has 0 aromatic rings. The fourth-order valence-corrected chi connectivity index (χ4v) is 2.71. The number of carbonyl (C=O) groups excluding carboxylic acids is 1. The van der Waals surface area contributed by atoms with E-state index in [4.69, 9.17) is 5.11 Å². The molecule has 102 valence electrons. The van der Waals surface area contributed by atoms with Gasteiger partial charge in [-0.3, -0.25) is 14.5 Å². The largest absolute Gasteiger partial charge is 0.481 e. The molecule has 1 aliphatic carbocycles. The van der Waals surface area contributed by atoms with Crippen molar-refractivity contribution in [2.24, 2.45) is 5.92 Å². The van der Waals surface area contributed by atoms with E-state index in [9.17, 15) is 9.59 Å². The van der Waals surface area contributed by atoms with Gasteiger partial charge in [0.1, 0.15) is 0 Å². The Labute approximate surface area is 108 Å². The highest BCUT2D eigenvalue weighted by Crippen LogP contribution is 2.27. The molecule has 2 rings (SSSR count). The van der Waals surface area contributed by atoms with E-state index in [0.29, 0.717) is 19.1 Å². The number of hydrogen-bond acceptors (Lipinski definition) is 3. The van der Waals surface area contributed by atoms with Crippen molar-refractivity contribution in [2.45, 2.75) is 38.6 Å². The normalized spacial score (nSPS) is 24.8. The van der Waals surface area contributed by atoms with E-state index in [0.717, 1.165) is 38.8 Å². The Bertz CT molecular complexity index is 328. The molecule has 2 aliphatic rings. The number of amides is 1. The number of rotatable bonds is 5. The van der Waals surface area contributed by atoms with Crippen LogP contribution >= 0.6 is 0 Å². The number of nitrogens with zero attached hydrogens (tertiary/aromatic N) is 2. The molecule has 1 heterocycles. The first kappa shape index (κ1) is 13.3. The van der Waals surface area contributed by atoms with Gasteiger partial charge in [-0.25, -0.2) is 0 Å². The predicted molar refractivity (Wildman–Crippen MR) is 67.2 cm³/mol. The van der Waals surface area contributed by atoms with E-state index < -0.39 is 5.97 Å². The Morgan fingerprint density at radius 1 is 1.33 bits per heavy atom. The number of aliphatic carboxylic acids is 1. The predicted octanol–water partition coefficient (Wildman–Crippen LogP) is 0.794. The standard InChI is InChI=1S/C13H22N2O3/c1-2-15(11-5-6-11)12(16)9-14-7-3-4-10(8-14)13(17)18/h10-11H,2-9H2,1H3,(H,17,18). The number of carbonyl (C=O) groups is 2. The minimum atomic E-state index is -0.735. The molecular formula is C13H22N2O3. The van der Waals surface area contributed by atoms with Gasteiger partial charge in [0.15, 0.2) is 0 Å². The molecule has 1 aliphatic heterocycles. The van der Waals surface area contributed by atoms with E-state index in [-0.39, 0.29) is 11.8 Å². The third kappa shape index (κ3) is 3.22. The molecule has 1 N–H and O–H groups in total. The zero-order valence-corrected chi connectivity index (χ0v) is 11.0. The van der Waals surface area contributed by atoms with Gasteiger partial charge in [-0.05, 0) is 39.2 Å². The van der Waals surface area contributed by atoms with Crippen LogP contribution < -0.4 is 0 Å². The van der Waals surface area contributed by atoms with Crippen LogP contribution in [-0.2, 0) is 9.59 Å². The summed E-state index contributed by atoms with van der Waals surface area (Å²) < 4.78 is 0. The van der Waals surface area contributed by atoms with Gasteiger partial charge in [0, 0.05) is 19.1 Å². The van der Waals surface area contributed by atoms with Crippen LogP contribution in [0.3, 0.4) is 0 Å². The molecule has 5 nitrogen and oxygen atoms in total. The van der Waals surface area contributed by atoms with E-state index in [1.807, 2.05) is 16.7 Å². The van der Waals surface area contributed by atoms with Crippen molar-refractivity contribution in [2.75, 3.05) is 26.2 Å². The van der Waals surface area contributed by atoms with Gasteiger partial charge in [-0.1, -0.05) is 0 Å². The van der Waals surface area contributed by atoms with Gasteiger partial charge in [-0.15, -0.1) is 0 Å². The maximum absolute atomic E-state index is 12.1. The lowest BCUT2D eigenvalue weighted by Crippen LogP contribution is -2.46. The number of piperidine rings is 1. The number of likely N-dealkylation sites (N-methyl/N-ethyl adjacent to an activating group) is 1. The second-order valence-electron chi connectivity index (χ2n) is 5.32. The van der Waals surface area contributed by atoms with Gasteiger partial charge in [-0.2, -0.15) is 0 Å². The lowest BCUT2D eigenvalue weighted by molar-refractivity contribution is -0.145. The van der Waals surface area contributed by atoms with Crippen LogP contribution in [0.2, 0.25) is 0 Å². The van der Waals surface area contributed by atoms with Crippen molar-refractivity contribution < 1.29 is 14.7 Å². The molecular weight excluding hydrogens is 232 g/mol. The lowest BCUT2D eigenvalue weighted by Gasteiger charge is -2.32. The molecule has 18 heavy (non-hydrogen) atoms. The minimum absolute atomic E-state index is 0.158. The van der Waals surface area contributed by atoms with Gasteiger partial charge in [0.05, 0.1) is 12.5 Å². The fourth-order valence-electron chi connectivity index (χ4n) is 2.71. The second kappa shape index (κ2) is 5.69. The van der Waals surface area contributed by atoms with Crippen LogP contribution in [0.25, 0.3) is 0 Å². The van der Waals surface area contributed by atoms with Crippen molar-refractivity contribution in [1.29, 1.82) is 0 Å². The summed E-state index contributed by atoms with van der Waals surface area (Å²) in [6.07, 6.45) is 3.86. The highest BCUT2D eigenvalue weighted by Gasteiger charge is 2.33. The molecule has 1 unspecified atom stereocenters. The molecule has 1 saturated heterocycles. The maximum Gasteiger partial charge on any atom is 0.307 e. The van der Waals surface area contributed by atoms with E-state index >= 15 is 0 Å². The second-order valence-corrected chi connectivity index (χ2v) is 5.32. The number of hydrogen-bond donors (Lipinski definition) is 1. The Hall–Kier alpha value is -1.10. The summed E-state index contributed by atoms with van der Waals surface area (Å²) in [6, 6.07) is 0.447. The van der Waals surface area contributed by atoms with Gasteiger partial charge < -0.3 is 10.0 Å². The summed E-state index contributed by atoms with van der Waals surface area (Å²) in [4.78, 5) is 27.0. The molecule has 1 saturated carbocycles. The first-order chi connectivity index (χ1) is 8.61. The highest BCUT2D eigenvalue weighted by molar-refractivity contribution is 5.79. The molecule has 5 heteroatoms. The van der Waals surface area contributed by atoms with Crippen LogP contribution in [0, 0.1) is 5.92 Å². The molecule has 1 atom stereocenters. The number of carboxylic acid groups (broad SMARTS) is 1. The van der Waals surface area contributed by atoms with Crippen LogP contribution in [0.1, 0.15) is 32.6 Å². The van der Waals surface area contributed by atoms with Crippen LogP contribution in [-0.4, -0.2) is 59.0 Å². The van der Waals surface area contributed by atoms with Crippen molar-refractivity contribution >= 4 is 11.9 Å². The lowest BCUT2D eigenvalue weighted by atomic mass is 9.98. The first-order valence-electron chi connectivity index (χ1n) is 6.86. The average Bonchev–Trinajstić information content (AvgIpc) is 3.14. The van der Waals surface area contributed by atoms with Crippen molar-refractivity contribution in [3.63, 3.8) is 0 Å². The van der Waals surface area contributed by atoms with Crippen LogP contribution in [0.4, 0.5) is 0 Å². The number of carboxylic acids is 1. The van der Waals surface area contributed by atoms with E-state index in [1.54, 1.807) is 0 Å². The van der Waals surface area contributed by atoms with Crippen molar-refractivity contribution in [1.82, 2.24) is 9.80 Å². The SMILES string of the molecule is CCN(C(=O)CN1CCCC(C(=O)O)C1)C1CC1. The van der Waals surface area contributed by atoms with Gasteiger partial charge in [0.25, 0.3) is 0 Å². The highest BCUT2D eigenvalue weighted by atomic mass is 16.4. The summed E-state index contributed by atoms with van der Waals surface area (Å²) in [7, 11) is 0. The molecule has 0 aromatic carbocycles. The van der Waals surface area contributed by atoms with Crippen molar-refractivity contribution in [3.8, 4) is 0 Å². The Morgan fingerprint density at radius 2 is 2.06 bits per heavy atom. The summed E-state index contributed by atoms with van der Waals surface area (Å²) in [5.74, 6) is -0.879. The molecule has 0 bridgehead atoms. The summed E-state index contributed by atoms with van der Waals surface area (Å²) in [5, 5.41) is 9.02. The Kier molecular flexibility index (Phi) is 4.22. The van der Waals surface area contributed by atoms with Gasteiger partial charge >= 0.3 is 5.97 Å². The third-order valence-corrected chi connectivity index (χ3v) is 3.86. The topological polar surface area (TPSA) is 60.9 Å².